The Morgan fingerprint density at radius 1 is 1.40 bits per heavy atom. The Balaban J connectivity index is 2.40. The topological polar surface area (TPSA) is 64.7 Å². The largest absolute Gasteiger partial charge is 0.486 e. The van der Waals surface area contributed by atoms with Crippen LogP contribution in [0.1, 0.15) is 11.7 Å². The molecule has 0 saturated carbocycles. The highest BCUT2D eigenvalue weighted by molar-refractivity contribution is 9.10. The van der Waals surface area contributed by atoms with Crippen molar-refractivity contribution >= 4 is 15.9 Å². The summed E-state index contributed by atoms with van der Waals surface area (Å²) in [6.45, 7) is 1.26. The second-order valence-corrected chi connectivity index (χ2v) is 4.13. The molecule has 1 aromatic carbocycles. The molecule has 0 spiro atoms. The Kier molecular flexibility index (Phi) is 3.14. The standard InChI is InChI=1S/C10H12BrNO3/c11-7-3-6(8(13)5-12)4-9-10(7)15-2-1-14-9/h3-4,8,13H,1-2,5,12H2/t8-/m0/s1. The number of nitrogens with two attached hydrogens (primary N) is 1. The summed E-state index contributed by atoms with van der Waals surface area (Å²) in [5.41, 5.74) is 6.12. The maximum Gasteiger partial charge on any atom is 0.175 e. The lowest BCUT2D eigenvalue weighted by Crippen LogP contribution is -2.17. The van der Waals surface area contributed by atoms with Crippen LogP contribution < -0.4 is 15.2 Å². The highest BCUT2D eigenvalue weighted by Gasteiger charge is 2.18. The molecule has 3 N–H and O–H groups in total. The van der Waals surface area contributed by atoms with Crippen LogP contribution in [0.5, 0.6) is 11.5 Å². The van der Waals surface area contributed by atoms with Crippen molar-refractivity contribution in [1.29, 1.82) is 0 Å². The third kappa shape index (κ3) is 2.09. The van der Waals surface area contributed by atoms with E-state index in [4.69, 9.17) is 15.2 Å². The van der Waals surface area contributed by atoms with Gasteiger partial charge in [0.25, 0.3) is 0 Å². The molecule has 0 saturated heterocycles. The molecule has 82 valence electrons. The molecular weight excluding hydrogens is 262 g/mol. The van der Waals surface area contributed by atoms with Crippen LogP contribution in [0.4, 0.5) is 0 Å². The molecule has 1 aliphatic rings. The molecular formula is C10H12BrNO3. The first-order chi connectivity index (χ1) is 7.22. The minimum atomic E-state index is -0.669. The molecule has 2 rings (SSSR count). The van der Waals surface area contributed by atoms with E-state index >= 15 is 0 Å². The van der Waals surface area contributed by atoms with Gasteiger partial charge in [-0.15, -0.1) is 0 Å². The maximum absolute atomic E-state index is 9.61. The van der Waals surface area contributed by atoms with Crippen molar-refractivity contribution in [3.8, 4) is 11.5 Å². The van der Waals surface area contributed by atoms with Crippen molar-refractivity contribution in [3.63, 3.8) is 0 Å². The van der Waals surface area contributed by atoms with Gasteiger partial charge >= 0.3 is 0 Å². The number of fused-ring (bicyclic) bond motifs is 1. The monoisotopic (exact) mass is 273 g/mol. The normalized spacial score (nSPS) is 16.2. The molecule has 1 heterocycles. The number of benzene rings is 1. The number of rotatable bonds is 2. The van der Waals surface area contributed by atoms with Crippen LogP contribution in [-0.2, 0) is 0 Å². The van der Waals surface area contributed by atoms with Crippen LogP contribution in [0.25, 0.3) is 0 Å². The lowest BCUT2D eigenvalue weighted by atomic mass is 10.1. The molecule has 5 heteroatoms. The summed E-state index contributed by atoms with van der Waals surface area (Å²) >= 11 is 3.37. The molecule has 0 aliphatic carbocycles. The van der Waals surface area contributed by atoms with E-state index in [0.29, 0.717) is 24.7 Å². The van der Waals surface area contributed by atoms with E-state index in [2.05, 4.69) is 15.9 Å². The summed E-state index contributed by atoms with van der Waals surface area (Å²) in [6.07, 6.45) is -0.669. The van der Waals surface area contributed by atoms with E-state index in [1.807, 2.05) is 0 Å². The van der Waals surface area contributed by atoms with Crippen LogP contribution in [0.2, 0.25) is 0 Å². The van der Waals surface area contributed by atoms with E-state index in [1.165, 1.54) is 0 Å². The van der Waals surface area contributed by atoms with Crippen molar-refractivity contribution in [2.45, 2.75) is 6.10 Å². The predicted molar refractivity (Wildman–Crippen MR) is 59.1 cm³/mol. The Bertz CT molecular complexity index is 370. The van der Waals surface area contributed by atoms with Gasteiger partial charge in [-0.25, -0.2) is 0 Å². The van der Waals surface area contributed by atoms with Gasteiger partial charge in [-0.3, -0.25) is 0 Å². The second-order valence-electron chi connectivity index (χ2n) is 3.28. The Morgan fingerprint density at radius 3 is 2.87 bits per heavy atom. The fraction of sp³-hybridized carbons (Fsp3) is 0.400. The van der Waals surface area contributed by atoms with E-state index in [9.17, 15) is 5.11 Å². The van der Waals surface area contributed by atoms with Gasteiger partial charge in [0.2, 0.25) is 0 Å². The van der Waals surface area contributed by atoms with Gasteiger partial charge in [0.15, 0.2) is 11.5 Å². The molecule has 0 aromatic heterocycles. The van der Waals surface area contributed by atoms with Crippen molar-refractivity contribution in [2.24, 2.45) is 5.73 Å². The molecule has 1 aromatic rings. The molecule has 0 fully saturated rings. The molecule has 15 heavy (non-hydrogen) atoms. The zero-order chi connectivity index (χ0) is 10.8. The Hall–Kier alpha value is -0.780. The van der Waals surface area contributed by atoms with Gasteiger partial charge in [0.1, 0.15) is 13.2 Å². The van der Waals surface area contributed by atoms with Crippen molar-refractivity contribution in [1.82, 2.24) is 0 Å². The highest BCUT2D eigenvalue weighted by Crippen LogP contribution is 2.39. The molecule has 0 bridgehead atoms. The summed E-state index contributed by atoms with van der Waals surface area (Å²) in [5, 5.41) is 9.61. The first kappa shape index (κ1) is 10.7. The summed E-state index contributed by atoms with van der Waals surface area (Å²) < 4.78 is 11.7. The van der Waals surface area contributed by atoms with Crippen LogP contribution in [0.15, 0.2) is 16.6 Å². The van der Waals surface area contributed by atoms with Gasteiger partial charge in [0.05, 0.1) is 10.6 Å². The number of halogens is 1. The number of hydrogen-bond donors (Lipinski definition) is 2. The number of aliphatic hydroxyl groups is 1. The van der Waals surface area contributed by atoms with Crippen LogP contribution >= 0.6 is 15.9 Å². The van der Waals surface area contributed by atoms with E-state index in [1.54, 1.807) is 12.1 Å². The summed E-state index contributed by atoms with van der Waals surface area (Å²) in [7, 11) is 0. The molecule has 1 aliphatic heterocycles. The third-order valence-electron chi connectivity index (χ3n) is 2.23. The average molecular weight is 274 g/mol. The third-order valence-corrected chi connectivity index (χ3v) is 2.82. The average Bonchev–Trinajstić information content (AvgIpc) is 2.28. The van der Waals surface area contributed by atoms with Crippen molar-refractivity contribution in [3.05, 3.63) is 22.2 Å². The van der Waals surface area contributed by atoms with Crippen LogP contribution in [0.3, 0.4) is 0 Å². The number of aliphatic hydroxyl groups excluding tert-OH is 1. The zero-order valence-corrected chi connectivity index (χ0v) is 9.66. The van der Waals surface area contributed by atoms with Gasteiger partial charge in [-0.2, -0.15) is 0 Å². The van der Waals surface area contributed by atoms with E-state index in [-0.39, 0.29) is 6.54 Å². The van der Waals surface area contributed by atoms with Crippen molar-refractivity contribution in [2.75, 3.05) is 19.8 Å². The molecule has 0 unspecified atom stereocenters. The molecule has 0 radical (unpaired) electrons. The first-order valence-electron chi connectivity index (χ1n) is 4.69. The van der Waals surface area contributed by atoms with E-state index < -0.39 is 6.10 Å². The lowest BCUT2D eigenvalue weighted by Gasteiger charge is -2.21. The fourth-order valence-electron chi connectivity index (χ4n) is 1.46. The highest BCUT2D eigenvalue weighted by atomic mass is 79.9. The first-order valence-corrected chi connectivity index (χ1v) is 5.49. The molecule has 1 atom stereocenters. The Morgan fingerprint density at radius 2 is 2.13 bits per heavy atom. The van der Waals surface area contributed by atoms with E-state index in [0.717, 1.165) is 10.0 Å². The molecule has 0 amide bonds. The van der Waals surface area contributed by atoms with Gasteiger partial charge in [0, 0.05) is 6.54 Å². The minimum Gasteiger partial charge on any atom is -0.486 e. The zero-order valence-electron chi connectivity index (χ0n) is 8.07. The van der Waals surface area contributed by atoms with Gasteiger partial charge in [-0.1, -0.05) is 0 Å². The summed E-state index contributed by atoms with van der Waals surface area (Å²) in [4.78, 5) is 0. The lowest BCUT2D eigenvalue weighted by molar-refractivity contribution is 0.165. The molecule has 4 nitrogen and oxygen atoms in total. The summed E-state index contributed by atoms with van der Waals surface area (Å²) in [5.74, 6) is 1.34. The predicted octanol–water partition coefficient (Wildman–Crippen LogP) is 1.21. The SMILES string of the molecule is NC[C@H](O)c1cc(Br)c2c(c1)OCCO2. The van der Waals surface area contributed by atoms with Gasteiger partial charge < -0.3 is 20.3 Å². The van der Waals surface area contributed by atoms with Crippen LogP contribution in [-0.4, -0.2) is 24.9 Å². The second kappa shape index (κ2) is 4.38. The van der Waals surface area contributed by atoms with Crippen LogP contribution in [0, 0.1) is 0 Å². The van der Waals surface area contributed by atoms with Crippen molar-refractivity contribution < 1.29 is 14.6 Å². The minimum absolute atomic E-state index is 0.187. The van der Waals surface area contributed by atoms with Gasteiger partial charge in [-0.05, 0) is 33.6 Å². The number of hydrogen-bond acceptors (Lipinski definition) is 4. The smallest absolute Gasteiger partial charge is 0.175 e. The fourth-order valence-corrected chi connectivity index (χ4v) is 2.03. The Labute approximate surface area is 96.1 Å². The number of ether oxygens (including phenoxy) is 2. The quantitative estimate of drug-likeness (QED) is 0.850. The maximum atomic E-state index is 9.61. The summed E-state index contributed by atoms with van der Waals surface area (Å²) in [6, 6.07) is 3.56.